The van der Waals surface area contributed by atoms with Crippen LogP contribution in [0.1, 0.15) is 18.4 Å². The number of nitriles is 1. The molecule has 0 aliphatic rings. The van der Waals surface area contributed by atoms with Crippen molar-refractivity contribution in [1.82, 2.24) is 5.32 Å². The fraction of sp³-hybridized carbons (Fsp3) is 0.267. The Morgan fingerprint density at radius 2 is 2.18 bits per heavy atom. The first-order valence-corrected chi connectivity index (χ1v) is 6.95. The second-order valence-electron chi connectivity index (χ2n) is 4.48. The summed E-state index contributed by atoms with van der Waals surface area (Å²) in [4.78, 5) is 22.1. The zero-order valence-electron chi connectivity index (χ0n) is 12.0. The van der Waals surface area contributed by atoms with Crippen LogP contribution in [0.15, 0.2) is 30.0 Å². The average Bonchev–Trinajstić information content (AvgIpc) is 2.48. The van der Waals surface area contributed by atoms with Gasteiger partial charge in [0, 0.05) is 29.9 Å². The normalized spacial score (nSPS) is 10.7. The van der Waals surface area contributed by atoms with Crippen molar-refractivity contribution in [3.63, 3.8) is 0 Å². The Labute approximate surface area is 133 Å². The maximum Gasteiger partial charge on any atom is 0.303 e. The molecule has 1 amide bonds. The highest BCUT2D eigenvalue weighted by molar-refractivity contribution is 6.31. The van der Waals surface area contributed by atoms with E-state index in [9.17, 15) is 9.59 Å². The molecule has 0 radical (unpaired) electrons. The monoisotopic (exact) mass is 321 g/mol. The summed E-state index contributed by atoms with van der Waals surface area (Å²) in [5.74, 6) is -1.48. The van der Waals surface area contributed by atoms with Gasteiger partial charge in [-0.05, 0) is 31.0 Å². The molecular formula is C15H16ClN3O3. The van der Waals surface area contributed by atoms with Crippen LogP contribution >= 0.6 is 11.6 Å². The van der Waals surface area contributed by atoms with E-state index in [1.807, 2.05) is 6.92 Å². The Bertz CT molecular complexity index is 635. The van der Waals surface area contributed by atoms with Gasteiger partial charge in [0.05, 0.1) is 0 Å². The number of halogens is 1. The summed E-state index contributed by atoms with van der Waals surface area (Å²) in [6.45, 7) is 2.01. The van der Waals surface area contributed by atoms with Crippen LogP contribution in [0.2, 0.25) is 5.02 Å². The van der Waals surface area contributed by atoms with Crippen molar-refractivity contribution < 1.29 is 14.7 Å². The number of carbonyl (C=O) groups excluding carboxylic acids is 1. The van der Waals surface area contributed by atoms with Crippen molar-refractivity contribution >= 4 is 29.2 Å². The van der Waals surface area contributed by atoms with Gasteiger partial charge in [-0.3, -0.25) is 9.59 Å². The highest BCUT2D eigenvalue weighted by Crippen LogP contribution is 2.22. The predicted octanol–water partition coefficient (Wildman–Crippen LogP) is 2.45. The van der Waals surface area contributed by atoms with Crippen LogP contribution in [-0.4, -0.2) is 23.5 Å². The molecule has 7 heteroatoms. The van der Waals surface area contributed by atoms with Gasteiger partial charge in [0.2, 0.25) is 0 Å². The van der Waals surface area contributed by atoms with Crippen LogP contribution in [-0.2, 0) is 9.59 Å². The van der Waals surface area contributed by atoms with Gasteiger partial charge in [-0.15, -0.1) is 0 Å². The maximum atomic E-state index is 11.8. The Morgan fingerprint density at radius 1 is 1.45 bits per heavy atom. The van der Waals surface area contributed by atoms with E-state index >= 15 is 0 Å². The largest absolute Gasteiger partial charge is 0.481 e. The summed E-state index contributed by atoms with van der Waals surface area (Å²) in [6.07, 6.45) is 1.57. The zero-order valence-corrected chi connectivity index (χ0v) is 12.8. The standard InChI is InChI=1S/C15H16ClN3O3/c1-10-12(16)4-2-5-13(10)19-9-11(8-17)15(22)18-7-3-6-14(20)21/h2,4-5,9,19H,3,6-7H2,1H3,(H,18,22)(H,20,21)/b11-9-. The molecule has 0 aromatic heterocycles. The SMILES string of the molecule is Cc1c(Cl)cccc1N/C=C(/C#N)C(=O)NCCCC(=O)O. The molecule has 0 unspecified atom stereocenters. The number of carboxylic acids is 1. The van der Waals surface area contributed by atoms with E-state index in [0.29, 0.717) is 17.1 Å². The first kappa shape index (κ1) is 17.5. The molecular weight excluding hydrogens is 306 g/mol. The number of nitrogens with zero attached hydrogens (tertiary/aromatic N) is 1. The number of carboxylic acid groups (broad SMARTS) is 1. The molecule has 0 heterocycles. The molecule has 0 aliphatic carbocycles. The topological polar surface area (TPSA) is 102 Å². The molecule has 0 atom stereocenters. The fourth-order valence-corrected chi connectivity index (χ4v) is 1.77. The first-order valence-electron chi connectivity index (χ1n) is 6.57. The predicted molar refractivity (Wildman–Crippen MR) is 83.4 cm³/mol. The lowest BCUT2D eigenvalue weighted by Gasteiger charge is -2.08. The number of amides is 1. The quantitative estimate of drug-likeness (QED) is 0.406. The minimum Gasteiger partial charge on any atom is -0.481 e. The van der Waals surface area contributed by atoms with Crippen molar-refractivity contribution in [2.75, 3.05) is 11.9 Å². The third-order valence-electron chi connectivity index (χ3n) is 2.86. The van der Waals surface area contributed by atoms with Gasteiger partial charge >= 0.3 is 5.97 Å². The van der Waals surface area contributed by atoms with Crippen molar-refractivity contribution in [2.24, 2.45) is 0 Å². The van der Waals surface area contributed by atoms with Crippen molar-refractivity contribution in [2.45, 2.75) is 19.8 Å². The Kier molecular flexibility index (Phi) is 6.93. The Morgan fingerprint density at radius 3 is 2.82 bits per heavy atom. The lowest BCUT2D eigenvalue weighted by atomic mass is 10.2. The van der Waals surface area contributed by atoms with Crippen LogP contribution in [0.3, 0.4) is 0 Å². The summed E-state index contributed by atoms with van der Waals surface area (Å²) < 4.78 is 0. The van der Waals surface area contributed by atoms with E-state index in [4.69, 9.17) is 22.0 Å². The average molecular weight is 322 g/mol. The van der Waals surface area contributed by atoms with Crippen molar-refractivity contribution in [3.05, 3.63) is 40.6 Å². The van der Waals surface area contributed by atoms with Crippen molar-refractivity contribution in [1.29, 1.82) is 5.26 Å². The third-order valence-corrected chi connectivity index (χ3v) is 3.27. The summed E-state index contributed by atoms with van der Waals surface area (Å²) in [6, 6.07) is 7.06. The molecule has 1 aromatic carbocycles. The number of nitrogens with one attached hydrogen (secondary N) is 2. The fourth-order valence-electron chi connectivity index (χ4n) is 1.60. The molecule has 1 rings (SSSR count). The van der Waals surface area contributed by atoms with E-state index in [-0.39, 0.29) is 18.5 Å². The number of carbonyl (C=O) groups is 2. The van der Waals surface area contributed by atoms with Gasteiger partial charge in [-0.25, -0.2) is 0 Å². The molecule has 1 aromatic rings. The van der Waals surface area contributed by atoms with E-state index < -0.39 is 11.9 Å². The Hall–Kier alpha value is -2.52. The molecule has 0 fully saturated rings. The van der Waals surface area contributed by atoms with E-state index in [1.54, 1.807) is 24.3 Å². The first-order chi connectivity index (χ1) is 10.5. The van der Waals surface area contributed by atoms with Crippen molar-refractivity contribution in [3.8, 4) is 6.07 Å². The van der Waals surface area contributed by atoms with Crippen LogP contribution in [0.4, 0.5) is 5.69 Å². The molecule has 116 valence electrons. The molecule has 22 heavy (non-hydrogen) atoms. The highest BCUT2D eigenvalue weighted by atomic mass is 35.5. The van der Waals surface area contributed by atoms with Crippen LogP contribution < -0.4 is 10.6 Å². The van der Waals surface area contributed by atoms with Gasteiger partial charge in [0.1, 0.15) is 11.6 Å². The number of hydrogen-bond acceptors (Lipinski definition) is 4. The van der Waals surface area contributed by atoms with Crippen LogP contribution in [0.25, 0.3) is 0 Å². The van der Waals surface area contributed by atoms with E-state index in [0.717, 1.165) is 5.56 Å². The lowest BCUT2D eigenvalue weighted by Crippen LogP contribution is -2.26. The summed E-state index contributed by atoms with van der Waals surface area (Å²) in [5.41, 5.74) is 1.40. The number of anilines is 1. The smallest absolute Gasteiger partial charge is 0.303 e. The highest BCUT2D eigenvalue weighted by Gasteiger charge is 2.09. The van der Waals surface area contributed by atoms with Gasteiger partial charge < -0.3 is 15.7 Å². The maximum absolute atomic E-state index is 11.8. The number of aliphatic carboxylic acids is 1. The van der Waals surface area contributed by atoms with Gasteiger partial charge in [0.15, 0.2) is 0 Å². The zero-order chi connectivity index (χ0) is 16.5. The summed E-state index contributed by atoms with van der Waals surface area (Å²) in [5, 5.41) is 23.4. The number of rotatable bonds is 7. The van der Waals surface area contributed by atoms with Gasteiger partial charge in [-0.2, -0.15) is 5.26 Å². The molecule has 0 bridgehead atoms. The van der Waals surface area contributed by atoms with Crippen LogP contribution in [0, 0.1) is 18.3 Å². The minimum absolute atomic E-state index is 0.0359. The van der Waals surface area contributed by atoms with E-state index in [1.165, 1.54) is 6.20 Å². The molecule has 0 saturated carbocycles. The minimum atomic E-state index is -0.927. The number of hydrogen-bond donors (Lipinski definition) is 3. The second kappa shape index (κ2) is 8.70. The molecule has 0 aliphatic heterocycles. The van der Waals surface area contributed by atoms with Gasteiger partial charge in [0.25, 0.3) is 5.91 Å². The summed E-state index contributed by atoms with van der Waals surface area (Å²) in [7, 11) is 0. The van der Waals surface area contributed by atoms with E-state index in [2.05, 4.69) is 10.6 Å². The second-order valence-corrected chi connectivity index (χ2v) is 4.89. The molecule has 0 spiro atoms. The van der Waals surface area contributed by atoms with Crippen LogP contribution in [0.5, 0.6) is 0 Å². The molecule has 0 saturated heterocycles. The lowest BCUT2D eigenvalue weighted by molar-refractivity contribution is -0.137. The Balaban J connectivity index is 2.63. The summed E-state index contributed by atoms with van der Waals surface area (Å²) >= 11 is 5.98. The number of benzene rings is 1. The third kappa shape index (κ3) is 5.46. The van der Waals surface area contributed by atoms with Gasteiger partial charge in [-0.1, -0.05) is 17.7 Å². The molecule has 3 N–H and O–H groups in total. The molecule has 6 nitrogen and oxygen atoms in total.